The predicted molar refractivity (Wildman–Crippen MR) is 147 cm³/mol. The number of benzene rings is 2. The Kier molecular flexibility index (Phi) is 11.0. The van der Waals surface area contributed by atoms with Gasteiger partial charge in [0.1, 0.15) is 0 Å². The van der Waals surface area contributed by atoms with E-state index in [1.165, 1.54) is 0 Å². The van der Waals surface area contributed by atoms with Crippen molar-refractivity contribution in [2.24, 2.45) is 5.14 Å². The van der Waals surface area contributed by atoms with Gasteiger partial charge in [-0.15, -0.1) is 0 Å². The molecule has 3 rings (SSSR count). The lowest BCUT2D eigenvalue weighted by Crippen LogP contribution is -2.16. The Morgan fingerprint density at radius 1 is 1.14 bits per heavy atom. The van der Waals surface area contributed by atoms with Crippen LogP contribution in [0.5, 0.6) is 5.88 Å². The summed E-state index contributed by atoms with van der Waals surface area (Å²) >= 11 is 1.15. The van der Waals surface area contributed by atoms with Crippen molar-refractivity contribution >= 4 is 17.9 Å². The van der Waals surface area contributed by atoms with Crippen molar-refractivity contribution in [3.63, 3.8) is 0 Å². The first-order valence-corrected chi connectivity index (χ1v) is 13.1. The Labute approximate surface area is 219 Å². The summed E-state index contributed by atoms with van der Waals surface area (Å²) in [7, 11) is 0. The van der Waals surface area contributed by atoms with E-state index in [2.05, 4.69) is 18.8 Å². The first kappa shape index (κ1) is 29.4. The van der Waals surface area contributed by atoms with Gasteiger partial charge >= 0.3 is 5.97 Å². The lowest BCUT2D eigenvalue weighted by molar-refractivity contribution is -0.136. The minimum atomic E-state index is -0.963. The van der Waals surface area contributed by atoms with Crippen LogP contribution < -0.4 is 9.88 Å². The summed E-state index contributed by atoms with van der Waals surface area (Å²) in [6.07, 6.45) is 2.26. The fourth-order valence-corrected chi connectivity index (χ4v) is 4.33. The summed E-state index contributed by atoms with van der Waals surface area (Å²) in [6.45, 7) is 12.0. The molecule has 7 heteroatoms. The quantitative estimate of drug-likeness (QED) is 0.273. The molecule has 194 valence electrons. The average Bonchev–Trinajstić information content (AvgIpc) is 2.84. The Morgan fingerprint density at radius 2 is 1.86 bits per heavy atom. The van der Waals surface area contributed by atoms with Gasteiger partial charge < -0.3 is 14.9 Å². The van der Waals surface area contributed by atoms with E-state index in [0.29, 0.717) is 18.9 Å². The largest absolute Gasteiger partial charge is 0.481 e. The molecule has 3 aromatic rings. The second-order valence-electron chi connectivity index (χ2n) is 9.12. The molecule has 0 saturated carbocycles. The molecule has 2 aromatic carbocycles. The molecule has 0 saturated heterocycles. The third-order valence-electron chi connectivity index (χ3n) is 5.66. The smallest absolute Gasteiger partial charge is 0.307 e. The summed E-state index contributed by atoms with van der Waals surface area (Å²) < 4.78 is 5.94. The molecular formula is C29H38N2O4S. The second kappa shape index (κ2) is 13.4. The van der Waals surface area contributed by atoms with Crippen LogP contribution in [-0.2, 0) is 23.2 Å². The van der Waals surface area contributed by atoms with Crippen LogP contribution in [0.1, 0.15) is 69.7 Å². The van der Waals surface area contributed by atoms with Crippen LogP contribution in [0.2, 0.25) is 0 Å². The number of rotatable bonds is 10. The van der Waals surface area contributed by atoms with Gasteiger partial charge in [0.05, 0.1) is 18.6 Å². The molecule has 6 nitrogen and oxygen atoms in total. The van der Waals surface area contributed by atoms with Crippen LogP contribution in [0.15, 0.2) is 59.6 Å². The van der Waals surface area contributed by atoms with Crippen molar-refractivity contribution in [3.05, 3.63) is 77.0 Å². The van der Waals surface area contributed by atoms with Crippen molar-refractivity contribution in [3.8, 4) is 17.0 Å². The molecular weight excluding hydrogens is 472 g/mol. The summed E-state index contributed by atoms with van der Waals surface area (Å²) in [4.78, 5) is 16.8. The molecule has 0 spiro atoms. The molecule has 0 aliphatic heterocycles. The number of hydrogen-bond acceptors (Lipinski definition) is 6. The van der Waals surface area contributed by atoms with Crippen molar-refractivity contribution in [1.82, 2.24) is 4.98 Å². The molecule has 1 aromatic heterocycles. The van der Waals surface area contributed by atoms with Gasteiger partial charge in [0.2, 0.25) is 5.88 Å². The minimum absolute atomic E-state index is 0.0404. The first-order chi connectivity index (χ1) is 17.1. The van der Waals surface area contributed by atoms with Gasteiger partial charge in [-0.1, -0.05) is 52.0 Å². The van der Waals surface area contributed by atoms with Crippen LogP contribution in [-0.4, -0.2) is 27.8 Å². The molecule has 0 radical (unpaired) electrons. The van der Waals surface area contributed by atoms with Gasteiger partial charge in [-0.2, -0.15) is 0 Å². The number of carbonyl (C=O) groups is 1. The number of aliphatic carboxylic acids is 1. The van der Waals surface area contributed by atoms with Gasteiger partial charge in [-0.3, -0.25) is 9.93 Å². The zero-order chi connectivity index (χ0) is 26.9. The fraction of sp³-hybridized carbons (Fsp3) is 0.379. The number of aliphatic hydroxyl groups is 1. The predicted octanol–water partition coefficient (Wildman–Crippen LogP) is 6.34. The number of nitrogens with zero attached hydrogens (tertiary/aromatic N) is 1. The standard InChI is InChI=1S/C27H32N2O4S.C2H6/c1-17(2)22-6-5-7-23(24(22)16-26(30)31)19-8-10-29-25(14-19)33-11-9-18-12-20(27(3,4)32)15-21(13-18)34-28;1-2/h5-8,10,12-15,17,32H,9,11,16,28H2,1-4H3,(H,30,31);1-2H3. The van der Waals surface area contributed by atoms with E-state index in [1.807, 2.05) is 62.4 Å². The number of carboxylic acid groups (broad SMARTS) is 1. The number of ether oxygens (including phenoxy) is 1. The van der Waals surface area contributed by atoms with Crippen molar-refractivity contribution in [2.45, 2.75) is 70.8 Å². The summed E-state index contributed by atoms with van der Waals surface area (Å²) in [6, 6.07) is 15.4. The SMILES string of the molecule is CC.CC(C)c1cccc(-c2ccnc(OCCc3cc(SN)cc(C(C)(C)O)c3)c2)c1CC(=O)O. The highest BCUT2D eigenvalue weighted by Gasteiger charge is 2.18. The third kappa shape index (κ3) is 8.08. The zero-order valence-corrected chi connectivity index (χ0v) is 22.9. The second-order valence-corrected chi connectivity index (χ2v) is 9.83. The zero-order valence-electron chi connectivity index (χ0n) is 22.0. The number of carboxylic acids is 1. The molecule has 36 heavy (non-hydrogen) atoms. The lowest BCUT2D eigenvalue weighted by Gasteiger charge is -2.20. The maximum absolute atomic E-state index is 11.5. The van der Waals surface area contributed by atoms with Crippen molar-refractivity contribution in [2.75, 3.05) is 6.61 Å². The molecule has 0 aliphatic carbocycles. The Balaban J connectivity index is 0.00000222. The maximum atomic E-state index is 11.5. The highest BCUT2D eigenvalue weighted by Crippen LogP contribution is 2.32. The van der Waals surface area contributed by atoms with Crippen LogP contribution in [0.25, 0.3) is 11.1 Å². The van der Waals surface area contributed by atoms with Gasteiger partial charge in [-0.25, -0.2) is 4.98 Å². The number of pyridine rings is 1. The van der Waals surface area contributed by atoms with Crippen LogP contribution in [0.4, 0.5) is 0 Å². The van der Waals surface area contributed by atoms with Crippen molar-refractivity contribution in [1.29, 1.82) is 0 Å². The molecule has 4 N–H and O–H groups in total. The van der Waals surface area contributed by atoms with Crippen LogP contribution in [0, 0.1) is 0 Å². The van der Waals surface area contributed by atoms with E-state index in [0.717, 1.165) is 50.2 Å². The molecule has 0 amide bonds. The molecule has 0 unspecified atom stereocenters. The van der Waals surface area contributed by atoms with Crippen LogP contribution >= 0.6 is 11.9 Å². The molecule has 0 fully saturated rings. The minimum Gasteiger partial charge on any atom is -0.481 e. The van der Waals surface area contributed by atoms with Gasteiger partial charge in [0.15, 0.2) is 0 Å². The number of hydrogen-bond donors (Lipinski definition) is 3. The van der Waals surface area contributed by atoms with E-state index < -0.39 is 11.6 Å². The highest BCUT2D eigenvalue weighted by molar-refractivity contribution is 7.97. The normalized spacial score (nSPS) is 11.1. The van der Waals surface area contributed by atoms with Crippen LogP contribution in [0.3, 0.4) is 0 Å². The van der Waals surface area contributed by atoms with E-state index >= 15 is 0 Å². The summed E-state index contributed by atoms with van der Waals surface area (Å²) in [5, 5.41) is 25.6. The summed E-state index contributed by atoms with van der Waals surface area (Å²) in [5.41, 5.74) is 4.44. The van der Waals surface area contributed by atoms with E-state index in [9.17, 15) is 15.0 Å². The molecule has 0 atom stereocenters. The highest BCUT2D eigenvalue weighted by atomic mass is 32.2. The Morgan fingerprint density at radius 3 is 2.47 bits per heavy atom. The van der Waals surface area contributed by atoms with Gasteiger partial charge in [-0.05, 0) is 83.3 Å². The number of aromatic nitrogens is 1. The van der Waals surface area contributed by atoms with Gasteiger partial charge in [0, 0.05) is 23.6 Å². The number of nitrogens with two attached hydrogens (primary N) is 1. The summed E-state index contributed by atoms with van der Waals surface area (Å²) in [5.74, 6) is -0.174. The van der Waals surface area contributed by atoms with Crippen molar-refractivity contribution < 1.29 is 19.7 Å². The lowest BCUT2D eigenvalue weighted by atomic mass is 9.89. The maximum Gasteiger partial charge on any atom is 0.307 e. The van der Waals surface area contributed by atoms with E-state index in [4.69, 9.17) is 9.88 Å². The van der Waals surface area contributed by atoms with Gasteiger partial charge in [0.25, 0.3) is 0 Å². The molecule has 0 aliphatic rings. The van der Waals surface area contributed by atoms with E-state index in [1.54, 1.807) is 20.0 Å². The first-order valence-electron chi connectivity index (χ1n) is 12.2. The Bertz CT molecular complexity index is 1160. The average molecular weight is 511 g/mol. The third-order valence-corrected chi connectivity index (χ3v) is 6.17. The van der Waals surface area contributed by atoms with E-state index in [-0.39, 0.29) is 12.3 Å². The topological polar surface area (TPSA) is 106 Å². The monoisotopic (exact) mass is 510 g/mol. The molecule has 1 heterocycles. The fourth-order valence-electron chi connectivity index (χ4n) is 3.92. The molecule has 0 bridgehead atoms. The Hall–Kier alpha value is -2.87.